The Morgan fingerprint density at radius 1 is 1.10 bits per heavy atom. The van der Waals surface area contributed by atoms with Crippen molar-refractivity contribution in [1.29, 1.82) is 0 Å². The lowest BCUT2D eigenvalue weighted by molar-refractivity contribution is 0.273. The monoisotopic (exact) mass is 408 g/mol. The zero-order chi connectivity index (χ0) is 14.2. The number of nitrogens with zero attached hydrogens (tertiary/aromatic N) is 3. The lowest BCUT2D eigenvalue weighted by Gasteiger charge is -2.33. The van der Waals surface area contributed by atoms with Crippen molar-refractivity contribution in [2.24, 2.45) is 10.9 Å². The quantitative estimate of drug-likeness (QED) is 0.329. The van der Waals surface area contributed by atoms with Gasteiger partial charge >= 0.3 is 0 Å². The summed E-state index contributed by atoms with van der Waals surface area (Å²) in [6, 6.07) is 0. The number of aliphatic imine (C=N–C) groups is 1. The van der Waals surface area contributed by atoms with Gasteiger partial charge in [-0.2, -0.15) is 0 Å². The number of piperidine rings is 1. The predicted octanol–water partition coefficient (Wildman–Crippen LogP) is 2.79. The average molecular weight is 408 g/mol. The van der Waals surface area contributed by atoms with Crippen LogP contribution in [-0.4, -0.2) is 62.1 Å². The third-order valence-electron chi connectivity index (χ3n) is 4.68. The first-order valence-electron chi connectivity index (χ1n) is 8.47. The Kier molecular flexibility index (Phi) is 9.64. The van der Waals surface area contributed by atoms with Crippen molar-refractivity contribution in [2.45, 2.75) is 45.4 Å². The molecule has 5 heteroatoms. The highest BCUT2D eigenvalue weighted by Crippen LogP contribution is 2.15. The highest BCUT2D eigenvalue weighted by molar-refractivity contribution is 14.0. The lowest BCUT2D eigenvalue weighted by Crippen LogP contribution is -2.45. The molecule has 0 aliphatic carbocycles. The van der Waals surface area contributed by atoms with Gasteiger partial charge in [-0.25, -0.2) is 0 Å². The van der Waals surface area contributed by atoms with Crippen LogP contribution in [0.4, 0.5) is 0 Å². The van der Waals surface area contributed by atoms with Crippen molar-refractivity contribution in [2.75, 3.05) is 46.3 Å². The van der Waals surface area contributed by atoms with Crippen LogP contribution in [0.2, 0.25) is 0 Å². The molecule has 0 atom stereocenters. The summed E-state index contributed by atoms with van der Waals surface area (Å²) in [4.78, 5) is 9.45. The van der Waals surface area contributed by atoms with Crippen molar-refractivity contribution in [3.05, 3.63) is 0 Å². The Bertz CT molecular complexity index is 295. The number of unbranched alkanes of at least 4 members (excludes halogenated alkanes) is 1. The molecule has 4 nitrogen and oxygen atoms in total. The SMILES string of the molecule is CN=C(NCCCCN1CCCC1)N1CCC(C)CC1.I. The fraction of sp³-hybridized carbons (Fsp3) is 0.938. The molecule has 0 amide bonds. The molecule has 0 saturated carbocycles. The van der Waals surface area contributed by atoms with E-state index in [-0.39, 0.29) is 24.0 Å². The van der Waals surface area contributed by atoms with Gasteiger partial charge in [-0.1, -0.05) is 6.92 Å². The van der Waals surface area contributed by atoms with Gasteiger partial charge < -0.3 is 15.1 Å². The summed E-state index contributed by atoms with van der Waals surface area (Å²) in [6.45, 7) is 9.66. The van der Waals surface area contributed by atoms with Gasteiger partial charge in [0.05, 0.1) is 0 Å². The van der Waals surface area contributed by atoms with Crippen LogP contribution in [0.15, 0.2) is 4.99 Å². The van der Waals surface area contributed by atoms with Gasteiger partial charge in [-0.3, -0.25) is 4.99 Å². The van der Waals surface area contributed by atoms with E-state index in [1.807, 2.05) is 7.05 Å². The molecule has 124 valence electrons. The second kappa shape index (κ2) is 10.6. The molecule has 2 aliphatic heterocycles. The number of nitrogens with one attached hydrogen (secondary N) is 1. The zero-order valence-corrected chi connectivity index (χ0v) is 16.1. The average Bonchev–Trinajstić information content (AvgIpc) is 2.97. The van der Waals surface area contributed by atoms with E-state index in [0.717, 1.165) is 31.5 Å². The van der Waals surface area contributed by atoms with Crippen molar-refractivity contribution < 1.29 is 0 Å². The van der Waals surface area contributed by atoms with Crippen molar-refractivity contribution in [1.82, 2.24) is 15.1 Å². The van der Waals surface area contributed by atoms with Gasteiger partial charge in [0.25, 0.3) is 0 Å². The molecule has 0 aromatic rings. The number of likely N-dealkylation sites (tertiary alicyclic amines) is 2. The minimum Gasteiger partial charge on any atom is -0.356 e. The van der Waals surface area contributed by atoms with Crippen LogP contribution in [0.5, 0.6) is 0 Å². The summed E-state index contributed by atoms with van der Waals surface area (Å²) >= 11 is 0. The molecule has 0 bridgehead atoms. The third-order valence-corrected chi connectivity index (χ3v) is 4.68. The number of hydrogen-bond acceptors (Lipinski definition) is 2. The molecule has 2 aliphatic rings. The van der Waals surface area contributed by atoms with Gasteiger partial charge in [0.15, 0.2) is 5.96 Å². The summed E-state index contributed by atoms with van der Waals surface area (Å²) in [6.07, 6.45) is 7.96. The van der Waals surface area contributed by atoms with E-state index in [2.05, 4.69) is 27.0 Å². The minimum atomic E-state index is 0. The van der Waals surface area contributed by atoms with Crippen LogP contribution in [0.3, 0.4) is 0 Å². The molecular formula is C16H33IN4. The number of guanidine groups is 1. The lowest BCUT2D eigenvalue weighted by atomic mass is 10.00. The van der Waals surface area contributed by atoms with Gasteiger partial charge in [-0.05, 0) is 64.1 Å². The third kappa shape index (κ3) is 6.72. The highest BCUT2D eigenvalue weighted by atomic mass is 127. The van der Waals surface area contributed by atoms with E-state index in [1.54, 1.807) is 0 Å². The second-order valence-electron chi connectivity index (χ2n) is 6.40. The van der Waals surface area contributed by atoms with Crippen molar-refractivity contribution >= 4 is 29.9 Å². The summed E-state index contributed by atoms with van der Waals surface area (Å²) in [5.41, 5.74) is 0. The van der Waals surface area contributed by atoms with Crippen LogP contribution in [0, 0.1) is 5.92 Å². The maximum Gasteiger partial charge on any atom is 0.193 e. The first kappa shape index (κ1) is 19.0. The summed E-state index contributed by atoms with van der Waals surface area (Å²) < 4.78 is 0. The molecule has 2 heterocycles. The van der Waals surface area contributed by atoms with Crippen LogP contribution < -0.4 is 5.32 Å². The van der Waals surface area contributed by atoms with Crippen LogP contribution in [0.1, 0.15) is 45.4 Å². The van der Waals surface area contributed by atoms with E-state index in [0.29, 0.717) is 0 Å². The Labute approximate surface area is 147 Å². The van der Waals surface area contributed by atoms with E-state index in [9.17, 15) is 0 Å². The van der Waals surface area contributed by atoms with Gasteiger partial charge in [0.2, 0.25) is 0 Å². The van der Waals surface area contributed by atoms with E-state index in [4.69, 9.17) is 0 Å². The first-order valence-corrected chi connectivity index (χ1v) is 8.47. The molecule has 2 saturated heterocycles. The molecule has 0 spiro atoms. The molecule has 2 rings (SSSR count). The van der Waals surface area contributed by atoms with E-state index < -0.39 is 0 Å². The molecular weight excluding hydrogens is 375 g/mol. The minimum absolute atomic E-state index is 0. The molecule has 0 unspecified atom stereocenters. The molecule has 1 N–H and O–H groups in total. The van der Waals surface area contributed by atoms with Crippen LogP contribution in [-0.2, 0) is 0 Å². The number of halogens is 1. The number of hydrogen-bond donors (Lipinski definition) is 1. The largest absolute Gasteiger partial charge is 0.356 e. The van der Waals surface area contributed by atoms with Gasteiger partial charge in [0, 0.05) is 26.7 Å². The Hall–Kier alpha value is -0.0400. The standard InChI is InChI=1S/C16H32N4.HI/c1-15-7-13-20(14-8-15)16(17-2)18-9-3-4-10-19-11-5-6-12-19;/h15H,3-14H2,1-2H3,(H,17,18);1H. The fourth-order valence-corrected chi connectivity index (χ4v) is 3.22. The molecule has 0 radical (unpaired) electrons. The summed E-state index contributed by atoms with van der Waals surface area (Å²) in [5.74, 6) is 1.99. The smallest absolute Gasteiger partial charge is 0.193 e. The Morgan fingerprint density at radius 2 is 1.76 bits per heavy atom. The molecule has 21 heavy (non-hydrogen) atoms. The highest BCUT2D eigenvalue weighted by Gasteiger charge is 2.18. The molecule has 0 aromatic carbocycles. The van der Waals surface area contributed by atoms with Crippen molar-refractivity contribution in [3.63, 3.8) is 0 Å². The maximum atomic E-state index is 4.43. The molecule has 2 fully saturated rings. The van der Waals surface area contributed by atoms with E-state index >= 15 is 0 Å². The fourth-order valence-electron chi connectivity index (χ4n) is 3.22. The summed E-state index contributed by atoms with van der Waals surface area (Å²) in [7, 11) is 1.91. The van der Waals surface area contributed by atoms with Gasteiger partial charge in [-0.15, -0.1) is 24.0 Å². The zero-order valence-electron chi connectivity index (χ0n) is 13.8. The molecule has 0 aromatic heterocycles. The topological polar surface area (TPSA) is 30.9 Å². The van der Waals surface area contributed by atoms with Crippen LogP contribution in [0.25, 0.3) is 0 Å². The Morgan fingerprint density at radius 3 is 2.38 bits per heavy atom. The summed E-state index contributed by atoms with van der Waals surface area (Å²) in [5, 5.41) is 3.54. The number of rotatable bonds is 5. The second-order valence-corrected chi connectivity index (χ2v) is 6.40. The maximum absolute atomic E-state index is 4.43. The van der Waals surface area contributed by atoms with Crippen molar-refractivity contribution in [3.8, 4) is 0 Å². The van der Waals surface area contributed by atoms with Gasteiger partial charge in [0.1, 0.15) is 0 Å². The Balaban J connectivity index is 0.00000220. The normalized spacial score (nSPS) is 21.4. The van der Waals surface area contributed by atoms with E-state index in [1.165, 1.54) is 58.2 Å². The van der Waals surface area contributed by atoms with Crippen LogP contribution >= 0.6 is 24.0 Å². The first-order chi connectivity index (χ1) is 9.79. The predicted molar refractivity (Wildman–Crippen MR) is 102 cm³/mol.